The lowest BCUT2D eigenvalue weighted by Gasteiger charge is -2.26. The number of aromatic nitrogens is 4. The first-order chi connectivity index (χ1) is 9.93. The van der Waals surface area contributed by atoms with Crippen molar-refractivity contribution in [3.05, 3.63) is 16.7 Å². The fourth-order valence-corrected chi connectivity index (χ4v) is 2.28. The van der Waals surface area contributed by atoms with Gasteiger partial charge < -0.3 is 30.4 Å². The Hall–Kier alpha value is -2.01. The number of nitrogens with zero attached hydrogens (tertiary/aromatic N) is 2. The summed E-state index contributed by atoms with van der Waals surface area (Å²) in [5, 5.41) is 31.9. The molecule has 0 radical (unpaired) electrons. The molecule has 0 spiro atoms. The maximum absolute atomic E-state index is 11.8. The first-order valence-corrected chi connectivity index (χ1v) is 6.30. The average Bonchev–Trinajstić information content (AvgIpc) is 2.98. The van der Waals surface area contributed by atoms with Gasteiger partial charge in [-0.2, -0.15) is 4.98 Å². The summed E-state index contributed by atoms with van der Waals surface area (Å²) in [4.78, 5) is 24.8. The molecule has 2 aromatic rings. The zero-order chi connectivity index (χ0) is 15.2. The quantitative estimate of drug-likeness (QED) is 0.376. The summed E-state index contributed by atoms with van der Waals surface area (Å²) >= 11 is 0. The van der Waals surface area contributed by atoms with Crippen LogP contribution in [0.4, 0.5) is 5.95 Å². The van der Waals surface area contributed by atoms with E-state index in [-0.39, 0.29) is 17.1 Å². The number of imidazole rings is 1. The number of aliphatic hydroxyl groups is 3. The molecular weight excluding hydrogens is 282 g/mol. The van der Waals surface area contributed by atoms with Crippen LogP contribution in [0.15, 0.2) is 11.1 Å². The molecular formula is C11H15N5O5. The second-order valence-corrected chi connectivity index (χ2v) is 5.07. The van der Waals surface area contributed by atoms with Crippen LogP contribution in [0.2, 0.25) is 0 Å². The van der Waals surface area contributed by atoms with Crippen LogP contribution in [0.25, 0.3) is 11.2 Å². The van der Waals surface area contributed by atoms with Gasteiger partial charge in [-0.3, -0.25) is 9.78 Å². The fourth-order valence-electron chi connectivity index (χ4n) is 2.28. The van der Waals surface area contributed by atoms with Crippen LogP contribution in [0.5, 0.6) is 0 Å². The van der Waals surface area contributed by atoms with Crippen LogP contribution in [-0.2, 0) is 4.74 Å². The van der Waals surface area contributed by atoms with Gasteiger partial charge in [0, 0.05) is 0 Å². The van der Waals surface area contributed by atoms with Gasteiger partial charge in [-0.15, -0.1) is 0 Å². The topological polar surface area (TPSA) is 156 Å². The molecule has 0 saturated carbocycles. The Morgan fingerprint density at radius 2 is 2.33 bits per heavy atom. The summed E-state index contributed by atoms with van der Waals surface area (Å²) in [6.45, 7) is 0.911. The maximum atomic E-state index is 11.8. The van der Waals surface area contributed by atoms with Crippen molar-refractivity contribution in [1.82, 2.24) is 19.9 Å². The molecule has 10 heteroatoms. The van der Waals surface area contributed by atoms with Crippen molar-refractivity contribution in [2.24, 2.45) is 0 Å². The van der Waals surface area contributed by atoms with Gasteiger partial charge in [-0.25, -0.2) is 4.98 Å². The molecule has 0 amide bonds. The summed E-state index contributed by atoms with van der Waals surface area (Å²) in [6.07, 6.45) is -1.92. The Balaban J connectivity index is 1.90. The molecule has 1 aliphatic rings. The van der Waals surface area contributed by atoms with Crippen LogP contribution in [0, 0.1) is 0 Å². The normalized spacial score (nSPS) is 32.7. The van der Waals surface area contributed by atoms with Gasteiger partial charge >= 0.3 is 0 Å². The van der Waals surface area contributed by atoms with Crippen molar-refractivity contribution < 1.29 is 20.1 Å². The molecule has 1 aliphatic heterocycles. The van der Waals surface area contributed by atoms with Crippen LogP contribution >= 0.6 is 0 Å². The van der Waals surface area contributed by atoms with E-state index in [4.69, 9.17) is 9.84 Å². The number of hydrogen-bond donors (Lipinski definition) is 6. The minimum atomic E-state index is -1.66. The summed E-state index contributed by atoms with van der Waals surface area (Å²) in [5.74, 6) is 0.0377. The van der Waals surface area contributed by atoms with Gasteiger partial charge in [0.15, 0.2) is 17.4 Å². The Labute approximate surface area is 117 Å². The predicted molar refractivity (Wildman–Crippen MR) is 70.5 cm³/mol. The first kappa shape index (κ1) is 13.9. The standard InChI is InChI=1S/C11H15N5O5/c1-11(20)6(18)4(2-17)21-9(11)16-10-14-7-5(8(19)15-10)12-3-13-7/h3-4,6,9,17-18,20H,2H2,1H3,(H3,12,13,14,15,16,19)/t4-,6-,9-,11-/m1/s1. The number of nitrogens with one attached hydrogen (secondary N) is 3. The van der Waals surface area contributed by atoms with Crippen molar-refractivity contribution in [2.75, 3.05) is 11.9 Å². The summed E-state index contributed by atoms with van der Waals surface area (Å²) < 4.78 is 5.32. The summed E-state index contributed by atoms with van der Waals surface area (Å²) in [7, 11) is 0. The minimum Gasteiger partial charge on any atom is -0.394 e. The number of fused-ring (bicyclic) bond motifs is 1. The minimum absolute atomic E-state index is 0.0377. The molecule has 0 unspecified atom stereocenters. The van der Waals surface area contributed by atoms with Gasteiger partial charge in [0.05, 0.1) is 12.9 Å². The molecule has 114 valence electrons. The highest BCUT2D eigenvalue weighted by atomic mass is 16.6. The number of rotatable bonds is 3. The third-order valence-electron chi connectivity index (χ3n) is 3.54. The molecule has 2 aromatic heterocycles. The smallest absolute Gasteiger partial charge is 0.278 e. The van der Waals surface area contributed by atoms with E-state index >= 15 is 0 Å². The highest BCUT2D eigenvalue weighted by Gasteiger charge is 2.52. The molecule has 4 atom stereocenters. The second-order valence-electron chi connectivity index (χ2n) is 5.07. The number of aromatic amines is 2. The van der Waals surface area contributed by atoms with E-state index in [1.165, 1.54) is 13.3 Å². The molecule has 0 aromatic carbocycles. The van der Waals surface area contributed by atoms with E-state index in [0.717, 1.165) is 0 Å². The third kappa shape index (κ3) is 2.17. The number of anilines is 1. The lowest BCUT2D eigenvalue weighted by atomic mass is 9.97. The molecule has 3 heterocycles. The Kier molecular flexibility index (Phi) is 3.17. The number of H-pyrrole nitrogens is 2. The van der Waals surface area contributed by atoms with Gasteiger partial charge in [-0.05, 0) is 6.92 Å². The van der Waals surface area contributed by atoms with Crippen LogP contribution in [-0.4, -0.2) is 65.9 Å². The van der Waals surface area contributed by atoms with E-state index in [0.29, 0.717) is 0 Å². The van der Waals surface area contributed by atoms with Crippen molar-refractivity contribution in [2.45, 2.75) is 31.0 Å². The van der Waals surface area contributed by atoms with E-state index < -0.39 is 36.2 Å². The first-order valence-electron chi connectivity index (χ1n) is 6.30. The maximum Gasteiger partial charge on any atom is 0.278 e. The third-order valence-corrected chi connectivity index (χ3v) is 3.54. The lowest BCUT2D eigenvalue weighted by Crippen LogP contribution is -2.49. The zero-order valence-electron chi connectivity index (χ0n) is 11.1. The lowest BCUT2D eigenvalue weighted by molar-refractivity contribution is -0.0550. The fraction of sp³-hybridized carbons (Fsp3) is 0.545. The Bertz CT molecular complexity index is 710. The SMILES string of the molecule is C[C@]1(O)[C@H](Nc2nc3nc[nH]c3c(=O)[nH]2)O[C@H](CO)[C@H]1O. The molecule has 10 nitrogen and oxygen atoms in total. The van der Waals surface area contributed by atoms with Crippen LogP contribution < -0.4 is 10.9 Å². The molecule has 0 aliphatic carbocycles. The monoisotopic (exact) mass is 297 g/mol. The van der Waals surface area contributed by atoms with Crippen molar-refractivity contribution in [1.29, 1.82) is 0 Å². The van der Waals surface area contributed by atoms with Crippen molar-refractivity contribution in [3.63, 3.8) is 0 Å². The van der Waals surface area contributed by atoms with Gasteiger partial charge in [0.1, 0.15) is 17.8 Å². The molecule has 1 fully saturated rings. The van der Waals surface area contributed by atoms with E-state index in [2.05, 4.69) is 25.3 Å². The zero-order valence-corrected chi connectivity index (χ0v) is 11.1. The van der Waals surface area contributed by atoms with Crippen LogP contribution in [0.3, 0.4) is 0 Å². The molecule has 1 saturated heterocycles. The van der Waals surface area contributed by atoms with Gasteiger partial charge in [0.2, 0.25) is 5.95 Å². The number of hydrogen-bond acceptors (Lipinski definition) is 8. The predicted octanol–water partition coefficient (Wildman–Crippen LogP) is -2.11. The molecule has 6 N–H and O–H groups in total. The van der Waals surface area contributed by atoms with Crippen molar-refractivity contribution >= 4 is 17.1 Å². The number of aliphatic hydroxyl groups excluding tert-OH is 2. The summed E-state index contributed by atoms with van der Waals surface area (Å²) in [6, 6.07) is 0. The van der Waals surface area contributed by atoms with Gasteiger partial charge in [0.25, 0.3) is 5.56 Å². The van der Waals surface area contributed by atoms with E-state index in [9.17, 15) is 15.0 Å². The highest BCUT2D eigenvalue weighted by Crippen LogP contribution is 2.30. The Morgan fingerprint density at radius 1 is 1.57 bits per heavy atom. The van der Waals surface area contributed by atoms with E-state index in [1.807, 2.05) is 0 Å². The Morgan fingerprint density at radius 3 is 3.00 bits per heavy atom. The highest BCUT2D eigenvalue weighted by molar-refractivity contribution is 5.69. The summed E-state index contributed by atoms with van der Waals surface area (Å²) in [5.41, 5.74) is -1.66. The van der Waals surface area contributed by atoms with Crippen molar-refractivity contribution in [3.8, 4) is 0 Å². The largest absolute Gasteiger partial charge is 0.394 e. The molecule has 3 rings (SSSR count). The van der Waals surface area contributed by atoms with E-state index in [1.54, 1.807) is 0 Å². The average molecular weight is 297 g/mol. The second kappa shape index (κ2) is 4.77. The van der Waals surface area contributed by atoms with Crippen LogP contribution in [0.1, 0.15) is 6.92 Å². The number of ether oxygens (including phenoxy) is 1. The van der Waals surface area contributed by atoms with Gasteiger partial charge in [-0.1, -0.05) is 0 Å². The molecule has 0 bridgehead atoms. The molecule has 21 heavy (non-hydrogen) atoms.